The van der Waals surface area contributed by atoms with E-state index in [1.165, 1.54) is 32.1 Å². The summed E-state index contributed by atoms with van der Waals surface area (Å²) < 4.78 is 1.76. The second-order valence-electron chi connectivity index (χ2n) is 7.13. The molecule has 0 spiro atoms. The van der Waals surface area contributed by atoms with Gasteiger partial charge in [-0.05, 0) is 25.7 Å². The van der Waals surface area contributed by atoms with Crippen molar-refractivity contribution in [3.05, 3.63) is 6.33 Å². The second kappa shape index (κ2) is 6.93. The SMILES string of the molecule is CCn1nnc2c(N3CC(C(=O)NCC4CCCCC4)C3)ncnc21. The summed E-state index contributed by atoms with van der Waals surface area (Å²) >= 11 is 0. The topological polar surface area (TPSA) is 88.8 Å². The second-order valence-corrected chi connectivity index (χ2v) is 7.13. The fourth-order valence-corrected chi connectivity index (χ4v) is 3.82. The van der Waals surface area contributed by atoms with Crippen LogP contribution in [0.25, 0.3) is 11.2 Å². The number of fused-ring (bicyclic) bond motifs is 1. The van der Waals surface area contributed by atoms with Gasteiger partial charge in [-0.1, -0.05) is 24.5 Å². The highest BCUT2D eigenvalue weighted by Crippen LogP contribution is 2.28. The van der Waals surface area contributed by atoms with Crippen LogP contribution in [0, 0.1) is 11.8 Å². The number of amides is 1. The summed E-state index contributed by atoms with van der Waals surface area (Å²) in [6.07, 6.45) is 8.01. The number of hydrogen-bond donors (Lipinski definition) is 1. The number of nitrogens with zero attached hydrogens (tertiary/aromatic N) is 6. The number of hydrogen-bond acceptors (Lipinski definition) is 6. The first-order valence-corrected chi connectivity index (χ1v) is 9.33. The maximum atomic E-state index is 12.4. The molecule has 1 aliphatic carbocycles. The molecule has 0 unspecified atom stereocenters. The first-order chi connectivity index (χ1) is 12.3. The van der Waals surface area contributed by atoms with Crippen LogP contribution in [0.1, 0.15) is 39.0 Å². The Kier molecular flexibility index (Phi) is 4.50. The van der Waals surface area contributed by atoms with Crippen LogP contribution in [0.5, 0.6) is 0 Å². The number of nitrogens with one attached hydrogen (secondary N) is 1. The Morgan fingerprint density at radius 2 is 2.04 bits per heavy atom. The Morgan fingerprint density at radius 3 is 2.80 bits per heavy atom. The van der Waals surface area contributed by atoms with E-state index in [2.05, 4.69) is 30.5 Å². The zero-order valence-electron chi connectivity index (χ0n) is 14.7. The van der Waals surface area contributed by atoms with Gasteiger partial charge in [0.1, 0.15) is 6.33 Å². The van der Waals surface area contributed by atoms with Crippen LogP contribution in [-0.4, -0.2) is 50.5 Å². The van der Waals surface area contributed by atoms with Gasteiger partial charge in [-0.25, -0.2) is 14.6 Å². The molecule has 4 rings (SSSR count). The molecule has 1 amide bonds. The van der Waals surface area contributed by atoms with Gasteiger partial charge in [-0.2, -0.15) is 0 Å². The zero-order valence-corrected chi connectivity index (χ0v) is 14.7. The molecule has 0 radical (unpaired) electrons. The molecule has 0 atom stereocenters. The van der Waals surface area contributed by atoms with Gasteiger partial charge >= 0.3 is 0 Å². The first kappa shape index (κ1) is 16.2. The Hall–Kier alpha value is -2.25. The van der Waals surface area contributed by atoms with E-state index in [1.807, 2.05) is 6.92 Å². The summed E-state index contributed by atoms with van der Waals surface area (Å²) in [4.78, 5) is 23.1. The summed E-state index contributed by atoms with van der Waals surface area (Å²) in [6, 6.07) is 0. The van der Waals surface area contributed by atoms with Gasteiger partial charge < -0.3 is 10.2 Å². The van der Waals surface area contributed by atoms with Gasteiger partial charge in [0.05, 0.1) is 5.92 Å². The molecule has 2 aromatic rings. The zero-order chi connectivity index (χ0) is 17.2. The maximum Gasteiger partial charge on any atom is 0.226 e. The van der Waals surface area contributed by atoms with Crippen molar-refractivity contribution in [1.29, 1.82) is 0 Å². The predicted molar refractivity (Wildman–Crippen MR) is 94.1 cm³/mol. The van der Waals surface area contributed by atoms with Crippen molar-refractivity contribution in [2.75, 3.05) is 24.5 Å². The van der Waals surface area contributed by atoms with E-state index in [-0.39, 0.29) is 11.8 Å². The minimum Gasteiger partial charge on any atom is -0.355 e. The molecule has 134 valence electrons. The van der Waals surface area contributed by atoms with Crippen molar-refractivity contribution in [1.82, 2.24) is 30.3 Å². The van der Waals surface area contributed by atoms with Crippen molar-refractivity contribution in [3.8, 4) is 0 Å². The van der Waals surface area contributed by atoms with E-state index in [0.717, 1.165) is 24.6 Å². The average Bonchev–Trinajstić information content (AvgIpc) is 3.03. The van der Waals surface area contributed by atoms with Crippen LogP contribution >= 0.6 is 0 Å². The molecule has 2 aromatic heterocycles. The molecule has 2 fully saturated rings. The lowest BCUT2D eigenvalue weighted by Crippen LogP contribution is -2.54. The smallest absolute Gasteiger partial charge is 0.226 e. The monoisotopic (exact) mass is 343 g/mol. The van der Waals surface area contributed by atoms with Gasteiger partial charge in [0.15, 0.2) is 17.0 Å². The number of carbonyl (C=O) groups excluding carboxylic acids is 1. The normalized spacial score (nSPS) is 19.2. The van der Waals surface area contributed by atoms with Crippen LogP contribution in [-0.2, 0) is 11.3 Å². The van der Waals surface area contributed by atoms with Crippen molar-refractivity contribution in [2.45, 2.75) is 45.6 Å². The van der Waals surface area contributed by atoms with Crippen LogP contribution < -0.4 is 10.2 Å². The van der Waals surface area contributed by atoms with E-state index >= 15 is 0 Å². The number of carbonyl (C=O) groups is 1. The number of rotatable bonds is 5. The summed E-state index contributed by atoms with van der Waals surface area (Å²) in [6.45, 7) is 4.92. The molecule has 8 heteroatoms. The van der Waals surface area contributed by atoms with Gasteiger partial charge in [0.2, 0.25) is 5.91 Å². The first-order valence-electron chi connectivity index (χ1n) is 9.33. The van der Waals surface area contributed by atoms with Crippen LogP contribution in [0.4, 0.5) is 5.82 Å². The Balaban J connectivity index is 1.34. The van der Waals surface area contributed by atoms with Gasteiger partial charge in [0.25, 0.3) is 0 Å². The fraction of sp³-hybridized carbons (Fsp3) is 0.706. The predicted octanol–water partition coefficient (Wildman–Crippen LogP) is 1.37. The highest BCUT2D eigenvalue weighted by molar-refractivity contribution is 5.86. The van der Waals surface area contributed by atoms with Crippen LogP contribution in [0.3, 0.4) is 0 Å². The molecular weight excluding hydrogens is 318 g/mol. The molecule has 0 aromatic carbocycles. The van der Waals surface area contributed by atoms with Crippen molar-refractivity contribution >= 4 is 22.9 Å². The maximum absolute atomic E-state index is 12.4. The van der Waals surface area contributed by atoms with E-state index in [1.54, 1.807) is 11.0 Å². The standard InChI is InChI=1S/C17H25N7O/c1-2-24-16-14(21-22-24)15(19-11-20-16)23-9-13(10-23)17(25)18-8-12-6-4-3-5-7-12/h11-13H,2-10H2,1H3,(H,18,25). The van der Waals surface area contributed by atoms with Crippen molar-refractivity contribution < 1.29 is 4.79 Å². The van der Waals surface area contributed by atoms with Gasteiger partial charge in [-0.3, -0.25) is 4.79 Å². The quantitative estimate of drug-likeness (QED) is 0.882. The van der Waals surface area contributed by atoms with E-state index < -0.39 is 0 Å². The Bertz CT molecular complexity index is 747. The molecule has 1 aliphatic heterocycles. The largest absolute Gasteiger partial charge is 0.355 e. The average molecular weight is 343 g/mol. The lowest BCUT2D eigenvalue weighted by Gasteiger charge is -2.39. The third-order valence-corrected chi connectivity index (χ3v) is 5.42. The van der Waals surface area contributed by atoms with E-state index in [9.17, 15) is 4.79 Å². The summed E-state index contributed by atoms with van der Waals surface area (Å²) in [7, 11) is 0. The molecule has 1 saturated heterocycles. The number of anilines is 1. The Morgan fingerprint density at radius 1 is 1.24 bits per heavy atom. The summed E-state index contributed by atoms with van der Waals surface area (Å²) in [5, 5.41) is 11.5. The molecule has 0 bridgehead atoms. The molecule has 1 saturated carbocycles. The fourth-order valence-electron chi connectivity index (χ4n) is 3.82. The van der Waals surface area contributed by atoms with Crippen LogP contribution in [0.15, 0.2) is 6.33 Å². The minimum absolute atomic E-state index is 0.0369. The lowest BCUT2D eigenvalue weighted by atomic mass is 9.89. The summed E-state index contributed by atoms with van der Waals surface area (Å²) in [5.74, 6) is 1.65. The molecule has 3 heterocycles. The third-order valence-electron chi connectivity index (χ3n) is 5.42. The molecule has 8 nitrogen and oxygen atoms in total. The Labute approximate surface area is 147 Å². The number of aryl methyl sites for hydroxylation is 1. The van der Waals surface area contributed by atoms with E-state index in [4.69, 9.17) is 0 Å². The highest BCUT2D eigenvalue weighted by atomic mass is 16.2. The van der Waals surface area contributed by atoms with Gasteiger partial charge in [-0.15, -0.1) is 5.10 Å². The van der Waals surface area contributed by atoms with Crippen molar-refractivity contribution in [2.24, 2.45) is 11.8 Å². The summed E-state index contributed by atoms with van der Waals surface area (Å²) in [5.41, 5.74) is 1.46. The molecule has 1 N–H and O–H groups in total. The van der Waals surface area contributed by atoms with Gasteiger partial charge in [0, 0.05) is 26.2 Å². The molecule has 25 heavy (non-hydrogen) atoms. The molecule has 2 aliphatic rings. The minimum atomic E-state index is 0.0369. The lowest BCUT2D eigenvalue weighted by molar-refractivity contribution is -0.125. The van der Waals surface area contributed by atoms with Crippen molar-refractivity contribution in [3.63, 3.8) is 0 Å². The van der Waals surface area contributed by atoms with E-state index in [0.29, 0.717) is 24.5 Å². The molecular formula is C17H25N7O. The van der Waals surface area contributed by atoms with Crippen LogP contribution in [0.2, 0.25) is 0 Å². The third kappa shape index (κ3) is 3.17. The number of aromatic nitrogens is 5. The highest BCUT2D eigenvalue weighted by Gasteiger charge is 2.35.